The Labute approximate surface area is 130 Å². The minimum atomic E-state index is -0.354. The number of carbonyl (C=O) groups excluding carboxylic acids is 1. The lowest BCUT2D eigenvalue weighted by molar-refractivity contribution is -0.107. The standard InChI is InChI=1S/C9H5ClOS6/c10-5(11)4-3-14-8(15-4)9-16-6-7(17-9)13-2-1-12-6/h3H,1-2H2. The lowest BCUT2D eigenvalue weighted by atomic mass is 10.7. The van der Waals surface area contributed by atoms with Gasteiger partial charge in [-0.2, -0.15) is 0 Å². The first kappa shape index (κ1) is 13.3. The van der Waals surface area contributed by atoms with Crippen LogP contribution in [0.1, 0.15) is 0 Å². The number of carbonyl (C=O) groups is 1. The maximum atomic E-state index is 11.1. The molecule has 1 nitrogen and oxygen atoms in total. The highest BCUT2D eigenvalue weighted by atomic mass is 35.5. The Morgan fingerprint density at radius 3 is 2.18 bits per heavy atom. The van der Waals surface area contributed by atoms with Gasteiger partial charge in [0.15, 0.2) is 0 Å². The van der Waals surface area contributed by atoms with Gasteiger partial charge >= 0.3 is 0 Å². The maximum Gasteiger partial charge on any atom is 0.259 e. The summed E-state index contributed by atoms with van der Waals surface area (Å²) in [7, 11) is 0. The zero-order valence-electron chi connectivity index (χ0n) is 8.23. The molecule has 0 spiro atoms. The molecule has 0 atom stereocenters. The summed E-state index contributed by atoms with van der Waals surface area (Å²) in [6, 6.07) is 0. The molecule has 0 aliphatic carbocycles. The van der Waals surface area contributed by atoms with E-state index in [4.69, 9.17) is 11.6 Å². The molecule has 0 N–H and O–H groups in total. The molecule has 0 fully saturated rings. The van der Waals surface area contributed by atoms with E-state index in [9.17, 15) is 4.79 Å². The Balaban J connectivity index is 1.75. The molecule has 0 saturated heterocycles. The summed E-state index contributed by atoms with van der Waals surface area (Å²) in [4.78, 5) is 11.7. The van der Waals surface area contributed by atoms with Crippen LogP contribution in [0.2, 0.25) is 0 Å². The molecule has 0 aromatic heterocycles. The molecule has 3 rings (SSSR count). The quantitative estimate of drug-likeness (QED) is 0.586. The predicted molar refractivity (Wildman–Crippen MR) is 88.3 cm³/mol. The first-order valence-corrected chi connectivity index (χ1v) is 10.3. The van der Waals surface area contributed by atoms with Crippen molar-refractivity contribution in [2.24, 2.45) is 0 Å². The number of halogens is 1. The van der Waals surface area contributed by atoms with Crippen molar-refractivity contribution < 1.29 is 4.79 Å². The molecule has 90 valence electrons. The Morgan fingerprint density at radius 2 is 1.65 bits per heavy atom. The normalized spacial score (nSPS) is 24.2. The van der Waals surface area contributed by atoms with Gasteiger partial charge < -0.3 is 0 Å². The van der Waals surface area contributed by atoms with Crippen LogP contribution in [-0.4, -0.2) is 16.7 Å². The van der Waals surface area contributed by atoms with E-state index >= 15 is 0 Å². The van der Waals surface area contributed by atoms with Gasteiger partial charge in [-0.1, -0.05) is 47.0 Å². The Kier molecular flexibility index (Phi) is 4.47. The van der Waals surface area contributed by atoms with E-state index in [1.165, 1.54) is 40.2 Å². The van der Waals surface area contributed by atoms with Crippen LogP contribution < -0.4 is 0 Å². The van der Waals surface area contributed by atoms with Crippen molar-refractivity contribution in [2.45, 2.75) is 0 Å². The van der Waals surface area contributed by atoms with Gasteiger partial charge in [0.25, 0.3) is 5.24 Å². The Bertz CT molecular complexity index is 460. The summed E-state index contributed by atoms with van der Waals surface area (Å²) in [5.41, 5.74) is 0. The van der Waals surface area contributed by atoms with Crippen LogP contribution in [0.5, 0.6) is 0 Å². The molecular weight excluding hydrogens is 352 g/mol. The SMILES string of the molecule is O=C(Cl)C1=CSC(=C2SC3=C(SCCS3)S2)S1. The van der Waals surface area contributed by atoms with Gasteiger partial charge in [0.2, 0.25) is 0 Å². The highest BCUT2D eigenvalue weighted by Gasteiger charge is 2.29. The molecule has 3 aliphatic rings. The first-order valence-electron chi connectivity index (χ1n) is 4.58. The summed E-state index contributed by atoms with van der Waals surface area (Å²) < 4.78 is 5.36. The lowest BCUT2D eigenvalue weighted by Gasteiger charge is -2.08. The molecule has 0 amide bonds. The van der Waals surface area contributed by atoms with Crippen LogP contribution >= 0.6 is 82.2 Å². The van der Waals surface area contributed by atoms with Crippen molar-refractivity contribution in [3.05, 3.63) is 27.3 Å². The molecule has 0 saturated carbocycles. The lowest BCUT2D eigenvalue weighted by Crippen LogP contribution is -1.88. The fourth-order valence-electron chi connectivity index (χ4n) is 1.23. The first-order chi connectivity index (χ1) is 8.24. The second-order valence-corrected chi connectivity index (χ2v) is 10.6. The summed E-state index contributed by atoms with van der Waals surface area (Å²) in [6.45, 7) is 0. The van der Waals surface area contributed by atoms with Crippen LogP contribution in [0.15, 0.2) is 27.3 Å². The zero-order valence-corrected chi connectivity index (χ0v) is 13.9. The van der Waals surface area contributed by atoms with E-state index in [0.717, 1.165) is 0 Å². The molecular formula is C9H5ClOS6. The smallest absolute Gasteiger partial charge is 0.259 e. The molecule has 17 heavy (non-hydrogen) atoms. The van der Waals surface area contributed by atoms with Crippen LogP contribution in [-0.2, 0) is 4.79 Å². The summed E-state index contributed by atoms with van der Waals surface area (Å²) in [5, 5.41) is 1.49. The monoisotopic (exact) mass is 356 g/mol. The highest BCUT2D eigenvalue weighted by molar-refractivity contribution is 8.43. The predicted octanol–water partition coefficient (Wildman–Crippen LogP) is 5.29. The van der Waals surface area contributed by atoms with Gasteiger partial charge in [-0.3, -0.25) is 4.79 Å². The van der Waals surface area contributed by atoms with Crippen molar-refractivity contribution in [1.29, 1.82) is 0 Å². The van der Waals surface area contributed by atoms with Crippen molar-refractivity contribution in [3.8, 4) is 0 Å². The van der Waals surface area contributed by atoms with Crippen molar-refractivity contribution in [3.63, 3.8) is 0 Å². The average molecular weight is 357 g/mol. The number of allylic oxidation sites excluding steroid dienone is 1. The largest absolute Gasteiger partial charge is 0.275 e. The molecule has 0 aromatic rings. The maximum absolute atomic E-state index is 11.1. The van der Waals surface area contributed by atoms with Crippen LogP contribution in [0.3, 0.4) is 0 Å². The van der Waals surface area contributed by atoms with Crippen LogP contribution in [0.4, 0.5) is 0 Å². The summed E-state index contributed by atoms with van der Waals surface area (Å²) in [6.07, 6.45) is 0. The number of rotatable bonds is 1. The third-order valence-electron chi connectivity index (χ3n) is 1.92. The van der Waals surface area contributed by atoms with E-state index in [1.54, 1.807) is 11.8 Å². The van der Waals surface area contributed by atoms with Gasteiger partial charge in [-0.05, 0) is 17.0 Å². The fourth-order valence-corrected chi connectivity index (χ4v) is 9.83. The van der Waals surface area contributed by atoms with Crippen molar-refractivity contribution >= 4 is 87.4 Å². The minimum absolute atomic E-state index is 0.354. The van der Waals surface area contributed by atoms with E-state index in [1.807, 2.05) is 52.5 Å². The van der Waals surface area contributed by atoms with Gasteiger partial charge in [0.1, 0.15) is 0 Å². The zero-order chi connectivity index (χ0) is 11.8. The third kappa shape index (κ3) is 2.90. The average Bonchev–Trinajstić information content (AvgIpc) is 2.95. The molecule has 0 unspecified atom stereocenters. The third-order valence-corrected chi connectivity index (χ3v) is 10.9. The molecule has 8 heteroatoms. The summed E-state index contributed by atoms with van der Waals surface area (Å²) >= 11 is 16.2. The van der Waals surface area contributed by atoms with Crippen LogP contribution in [0.25, 0.3) is 0 Å². The van der Waals surface area contributed by atoms with Gasteiger partial charge in [-0.15, -0.1) is 23.5 Å². The Hall–Kier alpha value is 1.28. The van der Waals surface area contributed by atoms with Gasteiger partial charge in [0, 0.05) is 11.5 Å². The molecule has 3 heterocycles. The van der Waals surface area contributed by atoms with E-state index in [-0.39, 0.29) is 5.24 Å². The minimum Gasteiger partial charge on any atom is -0.275 e. The fraction of sp³-hybridized carbons (Fsp3) is 0.222. The van der Waals surface area contributed by atoms with Gasteiger partial charge in [-0.25, -0.2) is 0 Å². The van der Waals surface area contributed by atoms with E-state index in [2.05, 4.69) is 0 Å². The Morgan fingerprint density at radius 1 is 1.00 bits per heavy atom. The second-order valence-electron chi connectivity index (χ2n) is 3.03. The second kappa shape index (κ2) is 5.73. The highest BCUT2D eigenvalue weighted by Crippen LogP contribution is 2.63. The number of thioether (sulfide) groups is 6. The molecule has 0 bridgehead atoms. The molecule has 3 aliphatic heterocycles. The van der Waals surface area contributed by atoms with Crippen LogP contribution in [0, 0.1) is 0 Å². The topological polar surface area (TPSA) is 17.1 Å². The van der Waals surface area contributed by atoms with E-state index in [0.29, 0.717) is 4.91 Å². The van der Waals surface area contributed by atoms with Gasteiger partial charge in [0.05, 0.1) is 21.9 Å². The number of hydrogen-bond acceptors (Lipinski definition) is 7. The summed E-state index contributed by atoms with van der Waals surface area (Å²) in [5.74, 6) is 2.40. The molecule has 0 radical (unpaired) electrons. The van der Waals surface area contributed by atoms with Crippen molar-refractivity contribution in [1.82, 2.24) is 0 Å². The molecule has 0 aromatic carbocycles. The number of hydrogen-bond donors (Lipinski definition) is 0. The van der Waals surface area contributed by atoms with Crippen molar-refractivity contribution in [2.75, 3.05) is 11.5 Å². The van der Waals surface area contributed by atoms with E-state index < -0.39 is 0 Å².